The molecule has 0 radical (unpaired) electrons. The Balaban J connectivity index is 1.33. The van der Waals surface area contributed by atoms with E-state index in [-0.39, 0.29) is 0 Å². The summed E-state index contributed by atoms with van der Waals surface area (Å²) < 4.78 is 24.0. The summed E-state index contributed by atoms with van der Waals surface area (Å²) in [4.78, 5) is 14.5. The van der Waals surface area contributed by atoms with Crippen LogP contribution in [0.4, 0.5) is 10.3 Å². The summed E-state index contributed by atoms with van der Waals surface area (Å²) in [5.41, 5.74) is 2.26. The third kappa shape index (κ3) is 4.69. The highest BCUT2D eigenvalue weighted by Crippen LogP contribution is 2.34. The number of halogens is 2. The van der Waals surface area contributed by atoms with Crippen molar-refractivity contribution in [2.45, 2.75) is 4.90 Å². The van der Waals surface area contributed by atoms with E-state index in [1.807, 2.05) is 24.3 Å². The summed E-state index contributed by atoms with van der Waals surface area (Å²) in [6.07, 6.45) is 4.88. The number of oxazole rings is 1. The van der Waals surface area contributed by atoms with Gasteiger partial charge in [0.05, 0.1) is 5.69 Å². The number of anilines is 1. The Kier molecular flexibility index (Phi) is 6.35. The van der Waals surface area contributed by atoms with E-state index in [0.717, 1.165) is 4.90 Å². The van der Waals surface area contributed by atoms with Crippen molar-refractivity contribution in [3.8, 4) is 28.4 Å². The van der Waals surface area contributed by atoms with Gasteiger partial charge in [-0.3, -0.25) is 9.12 Å². The highest BCUT2D eigenvalue weighted by Gasteiger charge is 2.20. The molecule has 2 aromatic carbocycles. The summed E-state index contributed by atoms with van der Waals surface area (Å²) in [6.45, 7) is 1.26. The SMILES string of the molecule is Oc1cc(-c2nc3occn3c2-c2ccnc(NCCNSc3ccc(Cl)cc3)n2)ccc1F. The van der Waals surface area contributed by atoms with Gasteiger partial charge in [-0.05, 0) is 60.5 Å². The molecule has 0 aliphatic heterocycles. The number of benzene rings is 2. The second-order valence-electron chi connectivity index (χ2n) is 7.17. The van der Waals surface area contributed by atoms with Crippen LogP contribution in [0.2, 0.25) is 5.02 Å². The fraction of sp³-hybridized carbons (Fsp3) is 0.0870. The maximum Gasteiger partial charge on any atom is 0.306 e. The fourth-order valence-electron chi connectivity index (χ4n) is 3.33. The minimum absolute atomic E-state index is 0.352. The number of imidazole rings is 1. The van der Waals surface area contributed by atoms with E-state index in [0.29, 0.717) is 52.5 Å². The third-order valence-corrected chi connectivity index (χ3v) is 6.00. The van der Waals surface area contributed by atoms with E-state index in [2.05, 4.69) is 25.0 Å². The van der Waals surface area contributed by atoms with Gasteiger partial charge in [0.25, 0.3) is 0 Å². The van der Waals surface area contributed by atoms with Crippen LogP contribution in [0, 0.1) is 5.82 Å². The molecule has 0 saturated carbocycles. The lowest BCUT2D eigenvalue weighted by atomic mass is 10.1. The zero-order valence-electron chi connectivity index (χ0n) is 17.6. The lowest BCUT2D eigenvalue weighted by Crippen LogP contribution is -2.17. The van der Waals surface area contributed by atoms with Crippen molar-refractivity contribution >= 4 is 35.3 Å². The number of phenols is 1. The van der Waals surface area contributed by atoms with Crippen LogP contribution in [-0.4, -0.2) is 37.5 Å². The number of phenolic OH excluding ortho intramolecular Hbond substituents is 1. The zero-order chi connectivity index (χ0) is 23.5. The van der Waals surface area contributed by atoms with Crippen molar-refractivity contribution in [1.29, 1.82) is 0 Å². The van der Waals surface area contributed by atoms with Crippen molar-refractivity contribution in [2.75, 3.05) is 18.4 Å². The summed E-state index contributed by atoms with van der Waals surface area (Å²) in [6, 6.07) is 13.4. The summed E-state index contributed by atoms with van der Waals surface area (Å²) in [5, 5.41) is 13.7. The van der Waals surface area contributed by atoms with Gasteiger partial charge in [-0.2, -0.15) is 4.98 Å². The Bertz CT molecular complexity index is 1440. The van der Waals surface area contributed by atoms with E-state index >= 15 is 0 Å². The molecule has 0 amide bonds. The summed E-state index contributed by atoms with van der Waals surface area (Å²) in [7, 11) is 0. The predicted octanol–water partition coefficient (Wildman–Crippen LogP) is 5.26. The standard InChI is InChI=1S/C23H18ClFN6O2S/c24-15-2-4-16(5-3-15)34-28-10-9-27-22-26-8-7-18(29-22)21-20(30-23-31(21)11-12-33-23)14-1-6-17(25)19(32)13-14/h1-8,11-13,28,32H,9-10H2,(H,26,27,29). The van der Waals surface area contributed by atoms with Crippen LogP contribution >= 0.6 is 23.5 Å². The van der Waals surface area contributed by atoms with Gasteiger partial charge in [0.15, 0.2) is 11.6 Å². The first-order valence-corrected chi connectivity index (χ1v) is 11.4. The minimum atomic E-state index is -0.704. The molecule has 11 heteroatoms. The smallest absolute Gasteiger partial charge is 0.306 e. The summed E-state index contributed by atoms with van der Waals surface area (Å²) >= 11 is 7.42. The molecule has 0 saturated heterocycles. The van der Waals surface area contributed by atoms with Crippen LogP contribution in [0.1, 0.15) is 0 Å². The number of aromatic nitrogens is 4. The van der Waals surface area contributed by atoms with Crippen LogP contribution in [0.3, 0.4) is 0 Å². The van der Waals surface area contributed by atoms with E-state index < -0.39 is 11.6 Å². The molecule has 0 aliphatic carbocycles. The van der Waals surface area contributed by atoms with Crippen molar-refractivity contribution in [3.05, 3.63) is 78.0 Å². The minimum Gasteiger partial charge on any atom is -0.505 e. The fourth-order valence-corrected chi connectivity index (χ4v) is 4.10. The zero-order valence-corrected chi connectivity index (χ0v) is 19.1. The first kappa shape index (κ1) is 22.2. The topological polar surface area (TPSA) is 101 Å². The molecule has 3 heterocycles. The normalized spacial score (nSPS) is 11.2. The molecule has 172 valence electrons. The molecule has 8 nitrogen and oxygen atoms in total. The molecule has 34 heavy (non-hydrogen) atoms. The Morgan fingerprint density at radius 1 is 1.09 bits per heavy atom. The number of hydrogen-bond donors (Lipinski definition) is 3. The van der Waals surface area contributed by atoms with E-state index in [1.54, 1.807) is 28.9 Å². The first-order chi connectivity index (χ1) is 16.6. The number of fused-ring (bicyclic) bond motifs is 1. The number of hydrogen-bond acceptors (Lipinski definition) is 8. The third-order valence-electron chi connectivity index (χ3n) is 4.89. The monoisotopic (exact) mass is 496 g/mol. The Labute approximate surface area is 203 Å². The van der Waals surface area contributed by atoms with Crippen molar-refractivity contribution in [3.63, 3.8) is 0 Å². The van der Waals surface area contributed by atoms with E-state index in [1.165, 1.54) is 30.3 Å². The molecule has 3 aromatic heterocycles. The van der Waals surface area contributed by atoms with Gasteiger partial charge in [0, 0.05) is 41.0 Å². The molecule has 0 unspecified atom stereocenters. The lowest BCUT2D eigenvalue weighted by Gasteiger charge is -2.09. The molecule has 3 N–H and O–H groups in total. The molecular weight excluding hydrogens is 479 g/mol. The second kappa shape index (κ2) is 9.72. The Morgan fingerprint density at radius 3 is 2.76 bits per heavy atom. The average Bonchev–Trinajstić information content (AvgIpc) is 3.43. The molecule has 0 atom stereocenters. The van der Waals surface area contributed by atoms with Gasteiger partial charge in [-0.15, -0.1) is 0 Å². The van der Waals surface area contributed by atoms with E-state index in [4.69, 9.17) is 16.0 Å². The van der Waals surface area contributed by atoms with Crippen molar-refractivity contribution in [1.82, 2.24) is 24.1 Å². The Morgan fingerprint density at radius 2 is 1.94 bits per heavy atom. The van der Waals surface area contributed by atoms with Crippen LogP contribution in [-0.2, 0) is 0 Å². The largest absolute Gasteiger partial charge is 0.505 e. The van der Waals surface area contributed by atoms with Crippen LogP contribution in [0.5, 0.6) is 5.75 Å². The second-order valence-corrected chi connectivity index (χ2v) is 8.57. The highest BCUT2D eigenvalue weighted by molar-refractivity contribution is 7.97. The molecule has 5 aromatic rings. The molecule has 0 bridgehead atoms. The highest BCUT2D eigenvalue weighted by atomic mass is 35.5. The van der Waals surface area contributed by atoms with Crippen LogP contribution in [0.25, 0.3) is 28.5 Å². The lowest BCUT2D eigenvalue weighted by molar-refractivity contribution is 0.432. The van der Waals surface area contributed by atoms with Gasteiger partial charge >= 0.3 is 5.84 Å². The van der Waals surface area contributed by atoms with Gasteiger partial charge in [-0.25, -0.2) is 14.4 Å². The van der Waals surface area contributed by atoms with Gasteiger partial charge in [0.2, 0.25) is 5.95 Å². The van der Waals surface area contributed by atoms with Crippen molar-refractivity contribution < 1.29 is 13.9 Å². The van der Waals surface area contributed by atoms with Crippen LogP contribution in [0.15, 0.2) is 76.5 Å². The molecule has 5 rings (SSSR count). The molecule has 0 aliphatic rings. The van der Waals surface area contributed by atoms with E-state index in [9.17, 15) is 9.50 Å². The van der Waals surface area contributed by atoms with Gasteiger partial charge < -0.3 is 14.8 Å². The number of nitrogens with one attached hydrogen (secondary N) is 2. The average molecular weight is 497 g/mol. The summed E-state index contributed by atoms with van der Waals surface area (Å²) in [5.74, 6) is -0.362. The molecule has 0 spiro atoms. The molecular formula is C23H18ClFN6O2S. The number of rotatable bonds is 8. The maximum absolute atomic E-state index is 13.6. The van der Waals surface area contributed by atoms with Gasteiger partial charge in [0.1, 0.15) is 17.7 Å². The first-order valence-electron chi connectivity index (χ1n) is 10.3. The maximum atomic E-state index is 13.6. The van der Waals surface area contributed by atoms with Crippen LogP contribution < -0.4 is 10.0 Å². The van der Waals surface area contributed by atoms with Crippen molar-refractivity contribution in [2.24, 2.45) is 0 Å². The quantitative estimate of drug-likeness (QED) is 0.197. The number of nitrogens with zero attached hydrogens (tertiary/aromatic N) is 4. The predicted molar refractivity (Wildman–Crippen MR) is 129 cm³/mol. The van der Waals surface area contributed by atoms with Gasteiger partial charge in [-0.1, -0.05) is 11.6 Å². The molecule has 0 fully saturated rings. The number of aromatic hydroxyl groups is 1. The Hall–Kier alpha value is -3.60.